The van der Waals surface area contributed by atoms with Gasteiger partial charge in [0.15, 0.2) is 5.96 Å². The van der Waals surface area contributed by atoms with Crippen molar-refractivity contribution in [3.8, 4) is 0 Å². The monoisotopic (exact) mass is 388 g/mol. The van der Waals surface area contributed by atoms with E-state index in [4.69, 9.17) is 4.74 Å². The van der Waals surface area contributed by atoms with Gasteiger partial charge in [-0.05, 0) is 45.1 Å². The van der Waals surface area contributed by atoms with E-state index < -0.39 is 6.10 Å². The molecule has 1 saturated heterocycles. The molecule has 156 valence electrons. The van der Waals surface area contributed by atoms with Crippen LogP contribution in [0.5, 0.6) is 0 Å². The predicted octanol–water partition coefficient (Wildman–Crippen LogP) is 2.31. The maximum atomic E-state index is 10.3. The Morgan fingerprint density at radius 2 is 1.93 bits per heavy atom. The molecule has 1 aliphatic carbocycles. The van der Waals surface area contributed by atoms with Gasteiger partial charge in [0.1, 0.15) is 0 Å². The zero-order valence-electron chi connectivity index (χ0n) is 17.3. The molecule has 1 aliphatic heterocycles. The van der Waals surface area contributed by atoms with Crippen LogP contribution in [0.3, 0.4) is 0 Å². The van der Waals surface area contributed by atoms with Crippen LogP contribution in [0.4, 0.5) is 0 Å². The fraction of sp³-hybridized carbons (Fsp3) is 0.682. The van der Waals surface area contributed by atoms with Crippen LogP contribution in [0.15, 0.2) is 35.3 Å². The minimum atomic E-state index is -0.613. The lowest BCUT2D eigenvalue weighted by atomic mass is 10.1. The molecule has 0 spiro atoms. The molecule has 2 fully saturated rings. The Hall–Kier alpha value is -1.63. The van der Waals surface area contributed by atoms with Crippen LogP contribution in [0.2, 0.25) is 0 Å². The molecular weight excluding hydrogens is 352 g/mol. The predicted molar refractivity (Wildman–Crippen MR) is 114 cm³/mol. The third-order valence-corrected chi connectivity index (χ3v) is 5.55. The molecule has 6 heteroatoms. The Balaban J connectivity index is 1.40. The second kappa shape index (κ2) is 10.8. The Morgan fingerprint density at radius 3 is 2.57 bits per heavy atom. The average molecular weight is 389 g/mol. The first kappa shape index (κ1) is 21.1. The highest BCUT2D eigenvalue weighted by molar-refractivity contribution is 5.80. The highest BCUT2D eigenvalue weighted by Crippen LogP contribution is 2.29. The van der Waals surface area contributed by atoms with Crippen molar-refractivity contribution >= 4 is 5.96 Å². The number of likely N-dealkylation sites (tertiary alicyclic amines) is 1. The number of piperidine rings is 1. The summed E-state index contributed by atoms with van der Waals surface area (Å²) in [5.74, 6) is 0.794. The van der Waals surface area contributed by atoms with E-state index in [1.165, 1.54) is 25.9 Å². The van der Waals surface area contributed by atoms with E-state index in [1.54, 1.807) is 0 Å². The second-order valence-corrected chi connectivity index (χ2v) is 7.95. The lowest BCUT2D eigenvalue weighted by Crippen LogP contribution is -2.49. The van der Waals surface area contributed by atoms with Gasteiger partial charge in [-0.1, -0.05) is 30.3 Å². The number of nitrogens with one attached hydrogen (secondary N) is 2. The fourth-order valence-corrected chi connectivity index (χ4v) is 3.69. The summed E-state index contributed by atoms with van der Waals surface area (Å²) in [4.78, 5) is 7.20. The lowest BCUT2D eigenvalue weighted by molar-refractivity contribution is 0.00111. The minimum Gasteiger partial charge on any atom is -0.389 e. The highest BCUT2D eigenvalue weighted by atomic mass is 16.5. The number of hydrogen-bond donors (Lipinski definition) is 3. The summed E-state index contributed by atoms with van der Waals surface area (Å²) < 4.78 is 5.81. The van der Waals surface area contributed by atoms with E-state index in [9.17, 15) is 5.11 Å². The van der Waals surface area contributed by atoms with Crippen LogP contribution in [-0.2, 0) is 4.74 Å². The van der Waals surface area contributed by atoms with Gasteiger partial charge in [-0.2, -0.15) is 0 Å². The maximum absolute atomic E-state index is 10.3. The molecule has 0 bridgehead atoms. The molecule has 2 atom stereocenters. The summed E-state index contributed by atoms with van der Waals surface area (Å²) in [5, 5.41) is 17.1. The summed E-state index contributed by atoms with van der Waals surface area (Å²) in [6.45, 7) is 7.84. The zero-order chi connectivity index (χ0) is 19.8. The lowest BCUT2D eigenvalue weighted by Gasteiger charge is -2.33. The van der Waals surface area contributed by atoms with Gasteiger partial charge < -0.3 is 25.4 Å². The molecule has 1 heterocycles. The molecule has 3 rings (SSSR count). The van der Waals surface area contributed by atoms with E-state index in [1.807, 2.05) is 37.3 Å². The van der Waals surface area contributed by atoms with Crippen molar-refractivity contribution in [2.45, 2.75) is 63.8 Å². The van der Waals surface area contributed by atoms with E-state index in [0.717, 1.165) is 37.0 Å². The number of ether oxygens (including phenoxy) is 1. The fourth-order valence-electron chi connectivity index (χ4n) is 3.69. The van der Waals surface area contributed by atoms with Crippen molar-refractivity contribution < 1.29 is 9.84 Å². The van der Waals surface area contributed by atoms with E-state index in [-0.39, 0.29) is 12.7 Å². The smallest absolute Gasteiger partial charge is 0.191 e. The molecule has 1 aromatic carbocycles. The number of aliphatic imine (C=N–C) groups is 1. The van der Waals surface area contributed by atoms with E-state index in [0.29, 0.717) is 12.6 Å². The van der Waals surface area contributed by atoms with Gasteiger partial charge >= 0.3 is 0 Å². The molecule has 6 nitrogen and oxygen atoms in total. The number of aliphatic hydroxyl groups is 1. The van der Waals surface area contributed by atoms with Gasteiger partial charge in [-0.25, -0.2) is 0 Å². The van der Waals surface area contributed by atoms with Gasteiger partial charge in [0, 0.05) is 31.7 Å². The van der Waals surface area contributed by atoms with Crippen molar-refractivity contribution in [1.82, 2.24) is 15.5 Å². The number of nitrogens with zero attached hydrogens (tertiary/aromatic N) is 2. The van der Waals surface area contributed by atoms with Gasteiger partial charge in [-0.15, -0.1) is 0 Å². The number of rotatable bonds is 9. The summed E-state index contributed by atoms with van der Waals surface area (Å²) >= 11 is 0. The Labute approximate surface area is 169 Å². The molecule has 3 N–H and O–H groups in total. The van der Waals surface area contributed by atoms with Gasteiger partial charge in [0.2, 0.25) is 0 Å². The van der Waals surface area contributed by atoms with E-state index >= 15 is 0 Å². The minimum absolute atomic E-state index is 0.0390. The largest absolute Gasteiger partial charge is 0.389 e. The molecule has 1 saturated carbocycles. The molecule has 0 radical (unpaired) electrons. The van der Waals surface area contributed by atoms with Crippen LogP contribution in [0.1, 0.15) is 51.2 Å². The highest BCUT2D eigenvalue weighted by Gasteiger charge is 2.31. The van der Waals surface area contributed by atoms with Crippen LogP contribution < -0.4 is 10.6 Å². The van der Waals surface area contributed by atoms with Gasteiger partial charge in [-0.3, -0.25) is 4.99 Å². The molecule has 1 aromatic rings. The van der Waals surface area contributed by atoms with Crippen molar-refractivity contribution in [1.29, 1.82) is 0 Å². The first-order valence-electron chi connectivity index (χ1n) is 10.8. The number of benzene rings is 1. The molecule has 0 amide bonds. The van der Waals surface area contributed by atoms with Crippen molar-refractivity contribution in [3.05, 3.63) is 35.9 Å². The average Bonchev–Trinajstić information content (AvgIpc) is 3.57. The normalized spacial score (nSPS) is 21.3. The van der Waals surface area contributed by atoms with Gasteiger partial charge in [0.05, 0.1) is 25.4 Å². The number of guanidine groups is 1. The Kier molecular flexibility index (Phi) is 8.13. The third kappa shape index (κ3) is 6.76. The molecule has 2 unspecified atom stereocenters. The summed E-state index contributed by atoms with van der Waals surface area (Å²) in [6.07, 6.45) is 4.42. The Bertz CT molecular complexity index is 598. The van der Waals surface area contributed by atoms with Crippen LogP contribution >= 0.6 is 0 Å². The quantitative estimate of drug-likeness (QED) is 0.447. The SMILES string of the molecule is CCNC(=NCC(O)COC(C)c1ccccc1)NC1CCN(C2CC2)CC1. The first-order chi connectivity index (χ1) is 13.7. The maximum Gasteiger partial charge on any atom is 0.191 e. The van der Waals surface area contributed by atoms with Crippen molar-refractivity contribution in [2.24, 2.45) is 4.99 Å². The Morgan fingerprint density at radius 1 is 1.21 bits per heavy atom. The van der Waals surface area contributed by atoms with Crippen molar-refractivity contribution in [3.63, 3.8) is 0 Å². The first-order valence-corrected chi connectivity index (χ1v) is 10.8. The molecule has 28 heavy (non-hydrogen) atoms. The summed E-state index contributed by atoms with van der Waals surface area (Å²) in [7, 11) is 0. The molecule has 0 aromatic heterocycles. The third-order valence-electron chi connectivity index (χ3n) is 5.55. The molecule has 2 aliphatic rings. The zero-order valence-corrected chi connectivity index (χ0v) is 17.3. The van der Waals surface area contributed by atoms with Crippen LogP contribution in [-0.4, -0.2) is 66.9 Å². The molecular formula is C22H36N4O2. The topological polar surface area (TPSA) is 69.1 Å². The number of hydrogen-bond acceptors (Lipinski definition) is 4. The summed E-state index contributed by atoms with van der Waals surface area (Å²) in [5.41, 5.74) is 1.12. The summed E-state index contributed by atoms with van der Waals surface area (Å²) in [6, 6.07) is 11.4. The number of aliphatic hydroxyl groups excluding tert-OH is 1. The van der Waals surface area contributed by atoms with Crippen LogP contribution in [0.25, 0.3) is 0 Å². The van der Waals surface area contributed by atoms with E-state index in [2.05, 4.69) is 27.4 Å². The van der Waals surface area contributed by atoms with Crippen LogP contribution in [0, 0.1) is 0 Å². The standard InChI is InChI=1S/C22H36N4O2/c1-3-23-22(25-19-11-13-26(14-12-19)20-9-10-20)24-15-21(27)16-28-17(2)18-7-5-4-6-8-18/h4-8,17,19-21,27H,3,9-16H2,1-2H3,(H2,23,24,25). The second-order valence-electron chi connectivity index (χ2n) is 7.95. The van der Waals surface area contributed by atoms with Gasteiger partial charge in [0.25, 0.3) is 0 Å². The van der Waals surface area contributed by atoms with Crippen molar-refractivity contribution in [2.75, 3.05) is 32.8 Å².